The highest BCUT2D eigenvalue weighted by Gasteiger charge is 2.19. The number of hydrogen-bond acceptors (Lipinski definition) is 4. The molecule has 4 aromatic rings. The summed E-state index contributed by atoms with van der Waals surface area (Å²) in [5.41, 5.74) is 3.45. The predicted molar refractivity (Wildman–Crippen MR) is 114 cm³/mol. The van der Waals surface area contributed by atoms with Gasteiger partial charge in [0, 0.05) is 17.0 Å². The van der Waals surface area contributed by atoms with Gasteiger partial charge in [0.1, 0.15) is 11.6 Å². The molecule has 0 aliphatic carbocycles. The number of aromatic nitrogens is 3. The molecule has 146 valence electrons. The van der Waals surface area contributed by atoms with Gasteiger partial charge in [-0.1, -0.05) is 47.5 Å². The smallest absolute Gasteiger partial charge is 0.261 e. The van der Waals surface area contributed by atoms with Crippen molar-refractivity contribution in [2.24, 2.45) is 0 Å². The van der Waals surface area contributed by atoms with Crippen LogP contribution in [0.25, 0.3) is 16.4 Å². The molecule has 8 heteroatoms. The van der Waals surface area contributed by atoms with Crippen molar-refractivity contribution in [3.63, 3.8) is 0 Å². The van der Waals surface area contributed by atoms with Crippen LogP contribution in [-0.4, -0.2) is 20.7 Å². The quantitative estimate of drug-likeness (QED) is 0.458. The number of benzene rings is 2. The second-order valence-corrected chi connectivity index (χ2v) is 7.76. The third kappa shape index (κ3) is 3.92. The Morgan fingerprint density at radius 3 is 2.66 bits per heavy atom. The molecule has 29 heavy (non-hydrogen) atoms. The summed E-state index contributed by atoms with van der Waals surface area (Å²) in [6.07, 6.45) is 0. The molecule has 4 rings (SSSR count). The Hall–Kier alpha value is -3.03. The molecule has 0 unspecified atom stereocenters. The monoisotopic (exact) mass is 426 g/mol. The lowest BCUT2D eigenvalue weighted by molar-refractivity contribution is 0.102. The molecule has 0 spiro atoms. The van der Waals surface area contributed by atoms with Crippen molar-refractivity contribution in [2.45, 2.75) is 13.8 Å². The van der Waals surface area contributed by atoms with Crippen molar-refractivity contribution in [3.05, 3.63) is 81.6 Å². The van der Waals surface area contributed by atoms with Gasteiger partial charge in [0.15, 0.2) is 0 Å². The van der Waals surface area contributed by atoms with E-state index in [0.29, 0.717) is 16.6 Å². The first-order chi connectivity index (χ1) is 13.9. The van der Waals surface area contributed by atoms with Crippen molar-refractivity contribution in [1.82, 2.24) is 14.8 Å². The fourth-order valence-corrected chi connectivity index (χ4v) is 3.89. The molecule has 0 aliphatic rings. The minimum absolute atomic E-state index is 0.0428. The van der Waals surface area contributed by atoms with E-state index in [4.69, 9.17) is 11.6 Å². The predicted octanol–water partition coefficient (Wildman–Crippen LogP) is 5.66. The standard InChI is InChI=1S/C21H16ClFN4OS/c1-12-6-8-14(9-7-12)17-11-29-21(24-17)27-18(10-13(2)26-27)25-20(28)19-15(22)4-3-5-16(19)23/h3-11H,1-2H3,(H,25,28). The highest BCUT2D eigenvalue weighted by molar-refractivity contribution is 7.12. The van der Waals surface area contributed by atoms with Gasteiger partial charge in [0.25, 0.3) is 5.91 Å². The van der Waals surface area contributed by atoms with Crippen LogP contribution < -0.4 is 5.32 Å². The van der Waals surface area contributed by atoms with Crippen LogP contribution in [-0.2, 0) is 0 Å². The Bertz CT molecular complexity index is 1180. The average molecular weight is 427 g/mol. The molecule has 0 saturated heterocycles. The maximum absolute atomic E-state index is 14.1. The summed E-state index contributed by atoms with van der Waals surface area (Å²) in [5.74, 6) is -0.949. The van der Waals surface area contributed by atoms with Gasteiger partial charge in [-0.15, -0.1) is 11.3 Å². The maximum atomic E-state index is 14.1. The number of aryl methyl sites for hydroxylation is 2. The largest absolute Gasteiger partial charge is 0.306 e. The average Bonchev–Trinajstić information content (AvgIpc) is 3.29. The Morgan fingerprint density at radius 2 is 1.93 bits per heavy atom. The Labute approximate surface area is 175 Å². The Balaban J connectivity index is 1.66. The first-order valence-electron chi connectivity index (χ1n) is 8.77. The van der Waals surface area contributed by atoms with E-state index in [1.165, 1.54) is 39.8 Å². The topological polar surface area (TPSA) is 59.8 Å². The molecule has 1 N–H and O–H groups in total. The SMILES string of the molecule is Cc1ccc(-c2csc(-n3nc(C)cc3NC(=O)c3c(F)cccc3Cl)n2)cc1. The minimum atomic E-state index is -0.686. The van der Waals surface area contributed by atoms with E-state index in [2.05, 4.69) is 15.4 Å². The fraction of sp³-hybridized carbons (Fsp3) is 0.0952. The van der Waals surface area contributed by atoms with E-state index in [0.717, 1.165) is 11.3 Å². The number of carbonyl (C=O) groups excluding carboxylic acids is 1. The molecule has 0 fully saturated rings. The number of anilines is 1. The lowest BCUT2D eigenvalue weighted by Gasteiger charge is -2.08. The maximum Gasteiger partial charge on any atom is 0.261 e. The Morgan fingerprint density at radius 1 is 1.17 bits per heavy atom. The number of rotatable bonds is 4. The zero-order chi connectivity index (χ0) is 20.5. The number of halogens is 2. The van der Waals surface area contributed by atoms with Crippen LogP contribution in [0, 0.1) is 19.7 Å². The number of hydrogen-bond donors (Lipinski definition) is 1. The minimum Gasteiger partial charge on any atom is -0.306 e. The van der Waals surface area contributed by atoms with Crippen LogP contribution in [0.1, 0.15) is 21.6 Å². The van der Waals surface area contributed by atoms with E-state index < -0.39 is 11.7 Å². The molecule has 2 aromatic heterocycles. The molecule has 0 atom stereocenters. The number of carbonyl (C=O) groups is 1. The number of nitrogens with zero attached hydrogens (tertiary/aromatic N) is 3. The molecular formula is C21H16ClFN4OS. The van der Waals surface area contributed by atoms with Gasteiger partial charge >= 0.3 is 0 Å². The van der Waals surface area contributed by atoms with Crippen LogP contribution in [0.5, 0.6) is 0 Å². The zero-order valence-corrected chi connectivity index (χ0v) is 17.2. The van der Waals surface area contributed by atoms with E-state index in [9.17, 15) is 9.18 Å². The summed E-state index contributed by atoms with van der Waals surface area (Å²) in [6, 6.07) is 13.9. The molecule has 0 bridgehead atoms. The second-order valence-electron chi connectivity index (χ2n) is 6.51. The number of amides is 1. The lowest BCUT2D eigenvalue weighted by Crippen LogP contribution is -2.17. The van der Waals surface area contributed by atoms with Crippen molar-refractivity contribution in [3.8, 4) is 16.4 Å². The van der Waals surface area contributed by atoms with Gasteiger partial charge in [-0.05, 0) is 26.0 Å². The second kappa shape index (κ2) is 7.77. The third-order valence-corrected chi connectivity index (χ3v) is 5.41. The van der Waals surface area contributed by atoms with Gasteiger partial charge in [0.05, 0.1) is 22.0 Å². The van der Waals surface area contributed by atoms with Crippen LogP contribution in [0.2, 0.25) is 5.02 Å². The summed E-state index contributed by atoms with van der Waals surface area (Å²) >= 11 is 7.40. The van der Waals surface area contributed by atoms with Crippen molar-refractivity contribution < 1.29 is 9.18 Å². The molecule has 2 heterocycles. The summed E-state index contributed by atoms with van der Waals surface area (Å²) in [6.45, 7) is 3.83. The summed E-state index contributed by atoms with van der Waals surface area (Å²) in [4.78, 5) is 17.3. The fourth-order valence-electron chi connectivity index (χ4n) is 2.85. The third-order valence-electron chi connectivity index (χ3n) is 4.28. The molecule has 5 nitrogen and oxygen atoms in total. The van der Waals surface area contributed by atoms with E-state index in [1.54, 1.807) is 13.0 Å². The Kier molecular flexibility index (Phi) is 5.17. The van der Waals surface area contributed by atoms with E-state index in [-0.39, 0.29) is 10.6 Å². The van der Waals surface area contributed by atoms with Crippen molar-refractivity contribution in [1.29, 1.82) is 0 Å². The van der Waals surface area contributed by atoms with Gasteiger partial charge < -0.3 is 5.32 Å². The first kappa shape index (κ1) is 19.3. The molecule has 2 aromatic carbocycles. The van der Waals surface area contributed by atoms with Crippen LogP contribution in [0.4, 0.5) is 10.2 Å². The highest BCUT2D eigenvalue weighted by Crippen LogP contribution is 2.27. The molecule has 1 amide bonds. The van der Waals surface area contributed by atoms with Crippen molar-refractivity contribution >= 4 is 34.7 Å². The van der Waals surface area contributed by atoms with Crippen LogP contribution in [0.15, 0.2) is 53.9 Å². The van der Waals surface area contributed by atoms with Crippen LogP contribution in [0.3, 0.4) is 0 Å². The summed E-state index contributed by atoms with van der Waals surface area (Å²) < 4.78 is 15.6. The van der Waals surface area contributed by atoms with Crippen LogP contribution >= 0.6 is 22.9 Å². The molecule has 0 radical (unpaired) electrons. The highest BCUT2D eigenvalue weighted by atomic mass is 35.5. The van der Waals surface area contributed by atoms with E-state index in [1.807, 2.05) is 36.6 Å². The van der Waals surface area contributed by atoms with Gasteiger partial charge in [0.2, 0.25) is 5.13 Å². The van der Waals surface area contributed by atoms with Crippen molar-refractivity contribution in [2.75, 3.05) is 5.32 Å². The summed E-state index contributed by atoms with van der Waals surface area (Å²) in [5, 5.41) is 9.66. The number of thiazole rings is 1. The van der Waals surface area contributed by atoms with Gasteiger partial charge in [-0.3, -0.25) is 4.79 Å². The zero-order valence-electron chi connectivity index (χ0n) is 15.6. The molecule has 0 aliphatic heterocycles. The van der Waals surface area contributed by atoms with Gasteiger partial charge in [-0.25, -0.2) is 9.37 Å². The van der Waals surface area contributed by atoms with Gasteiger partial charge in [-0.2, -0.15) is 9.78 Å². The normalized spacial score (nSPS) is 10.9. The lowest BCUT2D eigenvalue weighted by atomic mass is 10.1. The first-order valence-corrected chi connectivity index (χ1v) is 10.0. The summed E-state index contributed by atoms with van der Waals surface area (Å²) in [7, 11) is 0. The van der Waals surface area contributed by atoms with E-state index >= 15 is 0 Å². The number of nitrogens with one attached hydrogen (secondary N) is 1. The molecular weight excluding hydrogens is 411 g/mol. The molecule has 0 saturated carbocycles.